The lowest BCUT2D eigenvalue weighted by atomic mass is 9.77. The van der Waals surface area contributed by atoms with Crippen molar-refractivity contribution in [3.8, 4) is 0 Å². The van der Waals surface area contributed by atoms with Crippen LogP contribution >= 0.6 is 0 Å². The topological polar surface area (TPSA) is 40.5 Å². The molecule has 1 aliphatic rings. The molecule has 0 radical (unpaired) electrons. The second-order valence-electron chi connectivity index (χ2n) is 6.69. The first-order valence-corrected chi connectivity index (χ1v) is 6.82. The van der Waals surface area contributed by atoms with Gasteiger partial charge in [-0.1, -0.05) is 18.2 Å². The fourth-order valence-electron chi connectivity index (χ4n) is 3.49. The second kappa shape index (κ2) is 4.64. The first-order valence-electron chi connectivity index (χ1n) is 6.82. The van der Waals surface area contributed by atoms with E-state index in [9.17, 15) is 9.90 Å². The predicted molar refractivity (Wildman–Crippen MR) is 76.0 cm³/mol. The zero-order valence-electron chi connectivity index (χ0n) is 12.2. The minimum absolute atomic E-state index is 0.0440. The Balaban J connectivity index is 2.38. The van der Waals surface area contributed by atoms with Gasteiger partial charge in [0.15, 0.2) is 0 Å². The van der Waals surface area contributed by atoms with E-state index in [0.29, 0.717) is 18.4 Å². The number of aliphatic hydroxyl groups is 1. The van der Waals surface area contributed by atoms with E-state index in [1.807, 2.05) is 62.9 Å². The fourth-order valence-corrected chi connectivity index (χ4v) is 3.49. The molecule has 1 amide bonds. The van der Waals surface area contributed by atoms with Crippen molar-refractivity contribution in [1.29, 1.82) is 0 Å². The summed E-state index contributed by atoms with van der Waals surface area (Å²) in [6.07, 6.45) is 0.897. The molecule has 1 N–H and O–H groups in total. The van der Waals surface area contributed by atoms with Crippen LogP contribution in [0.15, 0.2) is 30.3 Å². The zero-order valence-corrected chi connectivity index (χ0v) is 12.2. The van der Waals surface area contributed by atoms with E-state index >= 15 is 0 Å². The molecule has 1 aromatic rings. The van der Waals surface area contributed by atoms with Crippen molar-refractivity contribution in [3.05, 3.63) is 35.9 Å². The van der Waals surface area contributed by atoms with Gasteiger partial charge in [-0.15, -0.1) is 0 Å². The molecule has 2 rings (SSSR count). The average Bonchev–Trinajstić information content (AvgIpc) is 2.26. The highest BCUT2D eigenvalue weighted by molar-refractivity contribution is 5.95. The summed E-state index contributed by atoms with van der Waals surface area (Å²) in [5.74, 6) is 0.0440. The van der Waals surface area contributed by atoms with Crippen molar-refractivity contribution in [1.82, 2.24) is 4.90 Å². The molecule has 3 nitrogen and oxygen atoms in total. The summed E-state index contributed by atoms with van der Waals surface area (Å²) in [5, 5.41) is 10.0. The van der Waals surface area contributed by atoms with E-state index in [1.165, 1.54) is 0 Å². The van der Waals surface area contributed by atoms with Crippen molar-refractivity contribution in [2.45, 2.75) is 57.7 Å². The van der Waals surface area contributed by atoms with E-state index in [0.717, 1.165) is 0 Å². The summed E-state index contributed by atoms with van der Waals surface area (Å²) in [4.78, 5) is 14.7. The highest BCUT2D eigenvalue weighted by Crippen LogP contribution is 2.39. The van der Waals surface area contributed by atoms with Crippen molar-refractivity contribution in [3.63, 3.8) is 0 Å². The van der Waals surface area contributed by atoms with Crippen LogP contribution in [0.1, 0.15) is 50.9 Å². The Morgan fingerprint density at radius 2 is 1.58 bits per heavy atom. The van der Waals surface area contributed by atoms with E-state index in [4.69, 9.17) is 0 Å². The summed E-state index contributed by atoms with van der Waals surface area (Å²) >= 11 is 0. The third kappa shape index (κ3) is 2.66. The molecule has 0 aliphatic carbocycles. The number of hydrogen-bond acceptors (Lipinski definition) is 2. The molecule has 0 spiro atoms. The smallest absolute Gasteiger partial charge is 0.254 e. The fraction of sp³-hybridized carbons (Fsp3) is 0.562. The van der Waals surface area contributed by atoms with Crippen LogP contribution in [-0.4, -0.2) is 33.1 Å². The Labute approximate surface area is 115 Å². The molecule has 104 valence electrons. The van der Waals surface area contributed by atoms with Gasteiger partial charge in [0, 0.05) is 16.6 Å². The Kier molecular flexibility index (Phi) is 3.43. The molecule has 3 heteroatoms. The van der Waals surface area contributed by atoms with Gasteiger partial charge in [0.25, 0.3) is 5.91 Å². The van der Waals surface area contributed by atoms with Crippen LogP contribution in [0.2, 0.25) is 0 Å². The molecular weight excluding hydrogens is 238 g/mol. The Bertz CT molecular complexity index is 447. The normalized spacial score (nSPS) is 22.3. The minimum Gasteiger partial charge on any atom is -0.393 e. The first kappa shape index (κ1) is 14.1. The maximum atomic E-state index is 12.8. The number of hydrogen-bond donors (Lipinski definition) is 1. The largest absolute Gasteiger partial charge is 0.393 e. The van der Waals surface area contributed by atoms with Crippen LogP contribution in [-0.2, 0) is 0 Å². The molecular formula is C16H23NO2. The number of nitrogens with zero attached hydrogens (tertiary/aromatic N) is 1. The molecule has 0 atom stereocenters. The van der Waals surface area contributed by atoms with Crippen molar-refractivity contribution >= 4 is 5.91 Å². The van der Waals surface area contributed by atoms with Gasteiger partial charge in [-0.25, -0.2) is 0 Å². The highest BCUT2D eigenvalue weighted by atomic mass is 16.3. The van der Waals surface area contributed by atoms with Gasteiger partial charge in [-0.05, 0) is 52.7 Å². The Hall–Kier alpha value is -1.35. The van der Waals surface area contributed by atoms with Gasteiger partial charge in [0.2, 0.25) is 0 Å². The molecule has 1 heterocycles. The first-order chi connectivity index (χ1) is 8.74. The van der Waals surface area contributed by atoms with Gasteiger partial charge in [0.05, 0.1) is 6.10 Å². The number of rotatable bonds is 1. The van der Waals surface area contributed by atoms with Crippen LogP contribution in [0.25, 0.3) is 0 Å². The van der Waals surface area contributed by atoms with Crippen LogP contribution in [0.3, 0.4) is 0 Å². The second-order valence-corrected chi connectivity index (χ2v) is 6.69. The number of carbonyl (C=O) groups is 1. The molecule has 0 aromatic heterocycles. The lowest BCUT2D eigenvalue weighted by molar-refractivity contribution is -0.0591. The molecule has 0 saturated carbocycles. The number of benzene rings is 1. The summed E-state index contributed by atoms with van der Waals surface area (Å²) in [6, 6.07) is 9.37. The molecule has 1 aliphatic heterocycles. The lowest BCUT2D eigenvalue weighted by Gasteiger charge is -2.54. The number of aliphatic hydroxyl groups excluding tert-OH is 1. The molecule has 1 fully saturated rings. The maximum Gasteiger partial charge on any atom is 0.254 e. The summed E-state index contributed by atoms with van der Waals surface area (Å²) in [6.45, 7) is 8.10. The van der Waals surface area contributed by atoms with Crippen LogP contribution in [0.5, 0.6) is 0 Å². The number of piperidine rings is 1. The van der Waals surface area contributed by atoms with Gasteiger partial charge >= 0.3 is 0 Å². The molecule has 19 heavy (non-hydrogen) atoms. The Morgan fingerprint density at radius 3 is 2.05 bits per heavy atom. The summed E-state index contributed by atoms with van der Waals surface area (Å²) < 4.78 is 0. The van der Waals surface area contributed by atoms with Crippen molar-refractivity contribution < 1.29 is 9.90 Å². The van der Waals surface area contributed by atoms with E-state index in [1.54, 1.807) is 0 Å². The van der Waals surface area contributed by atoms with Crippen molar-refractivity contribution in [2.75, 3.05) is 0 Å². The number of carbonyl (C=O) groups excluding carboxylic acids is 1. The molecule has 1 aromatic carbocycles. The SMILES string of the molecule is CC1(C)CC(O)CC(C)(C)N1C(=O)c1ccccc1. The van der Waals surface area contributed by atoms with Gasteiger partial charge < -0.3 is 10.0 Å². The zero-order chi connectivity index (χ0) is 14.3. The third-order valence-corrected chi connectivity index (χ3v) is 3.90. The Morgan fingerprint density at radius 1 is 1.11 bits per heavy atom. The van der Waals surface area contributed by atoms with Crippen molar-refractivity contribution in [2.24, 2.45) is 0 Å². The number of amides is 1. The van der Waals surface area contributed by atoms with E-state index in [-0.39, 0.29) is 23.1 Å². The van der Waals surface area contributed by atoms with Gasteiger partial charge in [-0.2, -0.15) is 0 Å². The molecule has 1 saturated heterocycles. The van der Waals surface area contributed by atoms with Gasteiger partial charge in [-0.3, -0.25) is 4.79 Å². The maximum absolute atomic E-state index is 12.8. The molecule has 0 unspecified atom stereocenters. The quantitative estimate of drug-likeness (QED) is 0.844. The lowest BCUT2D eigenvalue weighted by Crippen LogP contribution is -2.63. The van der Waals surface area contributed by atoms with Gasteiger partial charge in [0.1, 0.15) is 0 Å². The van der Waals surface area contributed by atoms with Crippen LogP contribution in [0, 0.1) is 0 Å². The van der Waals surface area contributed by atoms with E-state index in [2.05, 4.69) is 0 Å². The standard InChI is InChI=1S/C16H23NO2/c1-15(2)10-13(18)11-16(3,4)17(15)14(19)12-8-6-5-7-9-12/h5-9,13,18H,10-11H2,1-4H3. The number of likely N-dealkylation sites (tertiary alicyclic amines) is 1. The third-order valence-electron chi connectivity index (χ3n) is 3.90. The summed E-state index contributed by atoms with van der Waals surface area (Å²) in [7, 11) is 0. The average molecular weight is 261 g/mol. The monoisotopic (exact) mass is 261 g/mol. The minimum atomic E-state index is -0.343. The van der Waals surface area contributed by atoms with Crippen LogP contribution < -0.4 is 0 Å². The predicted octanol–water partition coefficient (Wildman–Crippen LogP) is 2.84. The highest BCUT2D eigenvalue weighted by Gasteiger charge is 2.47. The van der Waals surface area contributed by atoms with E-state index < -0.39 is 0 Å². The summed E-state index contributed by atoms with van der Waals surface area (Å²) in [5.41, 5.74) is 0.0300. The van der Waals surface area contributed by atoms with Crippen LogP contribution in [0.4, 0.5) is 0 Å². The molecule has 0 bridgehead atoms.